The van der Waals surface area contributed by atoms with Gasteiger partial charge in [-0.1, -0.05) is 15.9 Å². The zero-order valence-electron chi connectivity index (χ0n) is 10.9. The Balaban J connectivity index is 2.17. The van der Waals surface area contributed by atoms with Crippen molar-refractivity contribution in [1.82, 2.24) is 0 Å². The number of rotatable bonds is 4. The molecule has 1 fully saturated rings. The molecular weight excluding hydrogens is 326 g/mol. The molecule has 0 aromatic heterocycles. The maximum atomic E-state index is 12.3. The monoisotopic (exact) mass is 343 g/mol. The van der Waals surface area contributed by atoms with Crippen LogP contribution in [-0.2, 0) is 9.53 Å². The van der Waals surface area contributed by atoms with E-state index >= 15 is 0 Å². The predicted molar refractivity (Wildman–Crippen MR) is 83.7 cm³/mol. The van der Waals surface area contributed by atoms with Crippen molar-refractivity contribution in [3.05, 3.63) is 28.7 Å². The highest BCUT2D eigenvalue weighted by Gasteiger charge is 2.41. The zero-order valence-corrected chi connectivity index (χ0v) is 13.4. The largest absolute Gasteiger partial charge is 0.464 e. The minimum Gasteiger partial charge on any atom is -0.464 e. The number of carbonyl (C=O) groups excluding carboxylic acids is 1. The first-order chi connectivity index (χ1) is 9.16. The molecule has 1 aromatic rings. The molecule has 1 saturated heterocycles. The van der Waals surface area contributed by atoms with Crippen molar-refractivity contribution in [3.63, 3.8) is 0 Å². The SMILES string of the molecule is CCOC(=O)C1(Nc2ccc(Br)cc2)CCSCC1. The van der Waals surface area contributed by atoms with Crippen LogP contribution in [0.2, 0.25) is 0 Å². The number of esters is 1. The molecule has 1 aliphatic rings. The lowest BCUT2D eigenvalue weighted by Gasteiger charge is -2.36. The molecule has 0 radical (unpaired) electrons. The molecule has 0 unspecified atom stereocenters. The molecule has 2 rings (SSSR count). The third-order valence-electron chi connectivity index (χ3n) is 3.24. The Hall–Kier alpha value is -0.680. The van der Waals surface area contributed by atoms with E-state index in [9.17, 15) is 4.79 Å². The van der Waals surface area contributed by atoms with E-state index in [0.29, 0.717) is 6.61 Å². The molecule has 1 heterocycles. The van der Waals surface area contributed by atoms with Crippen molar-refractivity contribution < 1.29 is 9.53 Å². The summed E-state index contributed by atoms with van der Waals surface area (Å²) in [5.74, 6) is 1.85. The number of carbonyl (C=O) groups is 1. The van der Waals surface area contributed by atoms with Gasteiger partial charge in [-0.15, -0.1) is 0 Å². The van der Waals surface area contributed by atoms with Crippen molar-refractivity contribution in [3.8, 4) is 0 Å². The van der Waals surface area contributed by atoms with Gasteiger partial charge in [0.1, 0.15) is 5.54 Å². The van der Waals surface area contributed by atoms with E-state index in [-0.39, 0.29) is 5.97 Å². The summed E-state index contributed by atoms with van der Waals surface area (Å²) in [7, 11) is 0. The van der Waals surface area contributed by atoms with Crippen molar-refractivity contribution >= 4 is 39.3 Å². The fourth-order valence-corrected chi connectivity index (χ4v) is 3.63. The standard InChI is InChI=1S/C14H18BrNO2S/c1-2-18-13(17)14(7-9-19-10-8-14)16-12-5-3-11(15)4-6-12/h3-6,16H,2,7-10H2,1H3. The van der Waals surface area contributed by atoms with Crippen LogP contribution in [0.25, 0.3) is 0 Å². The van der Waals surface area contributed by atoms with Gasteiger partial charge in [-0.2, -0.15) is 11.8 Å². The third-order valence-corrected chi connectivity index (χ3v) is 4.75. The second kappa shape index (κ2) is 6.66. The summed E-state index contributed by atoms with van der Waals surface area (Å²) in [6.07, 6.45) is 1.62. The molecule has 1 aromatic carbocycles. The van der Waals surface area contributed by atoms with Gasteiger partial charge < -0.3 is 10.1 Å². The third kappa shape index (κ3) is 3.66. The number of anilines is 1. The fraction of sp³-hybridized carbons (Fsp3) is 0.500. The summed E-state index contributed by atoms with van der Waals surface area (Å²) in [5.41, 5.74) is 0.401. The smallest absolute Gasteiger partial charge is 0.331 e. The molecule has 0 spiro atoms. The van der Waals surface area contributed by atoms with Crippen molar-refractivity contribution in [2.45, 2.75) is 25.3 Å². The Bertz CT molecular complexity index is 430. The average molecular weight is 344 g/mol. The van der Waals surface area contributed by atoms with Crippen LogP contribution in [0.4, 0.5) is 5.69 Å². The Kier molecular flexibility index (Phi) is 5.16. The van der Waals surface area contributed by atoms with E-state index in [1.54, 1.807) is 0 Å². The number of thioether (sulfide) groups is 1. The van der Waals surface area contributed by atoms with Gasteiger partial charge in [0, 0.05) is 10.2 Å². The highest BCUT2D eigenvalue weighted by molar-refractivity contribution is 9.10. The predicted octanol–water partition coefficient (Wildman–Crippen LogP) is 3.69. The first-order valence-corrected chi connectivity index (χ1v) is 8.40. The fourth-order valence-electron chi connectivity index (χ4n) is 2.18. The summed E-state index contributed by atoms with van der Waals surface area (Å²) in [6.45, 7) is 2.28. The van der Waals surface area contributed by atoms with Gasteiger partial charge in [-0.05, 0) is 55.5 Å². The molecule has 0 amide bonds. The maximum Gasteiger partial charge on any atom is 0.331 e. The molecule has 0 atom stereocenters. The molecule has 5 heteroatoms. The van der Waals surface area contributed by atoms with Crippen molar-refractivity contribution in [1.29, 1.82) is 0 Å². The van der Waals surface area contributed by atoms with Gasteiger partial charge in [-0.3, -0.25) is 0 Å². The van der Waals surface area contributed by atoms with Gasteiger partial charge in [0.2, 0.25) is 0 Å². The summed E-state index contributed by atoms with van der Waals surface area (Å²) >= 11 is 5.31. The Morgan fingerprint density at radius 1 is 1.37 bits per heavy atom. The van der Waals surface area contributed by atoms with Crippen LogP contribution in [0.3, 0.4) is 0 Å². The minimum atomic E-state index is -0.560. The zero-order chi connectivity index (χ0) is 13.7. The highest BCUT2D eigenvalue weighted by atomic mass is 79.9. The normalized spacial score (nSPS) is 17.8. The molecule has 19 heavy (non-hydrogen) atoms. The van der Waals surface area contributed by atoms with Gasteiger partial charge in [0.25, 0.3) is 0 Å². The summed E-state index contributed by atoms with van der Waals surface area (Å²) in [5, 5.41) is 3.40. The van der Waals surface area contributed by atoms with Crippen LogP contribution in [0, 0.1) is 0 Å². The molecular formula is C14H18BrNO2S. The van der Waals surface area contributed by atoms with Crippen molar-refractivity contribution in [2.75, 3.05) is 23.4 Å². The Labute approximate surface area is 126 Å². The minimum absolute atomic E-state index is 0.127. The summed E-state index contributed by atoms with van der Waals surface area (Å²) in [4.78, 5) is 12.3. The summed E-state index contributed by atoms with van der Waals surface area (Å²) < 4.78 is 6.29. The first-order valence-electron chi connectivity index (χ1n) is 6.45. The first kappa shape index (κ1) is 14.7. The number of hydrogen-bond acceptors (Lipinski definition) is 4. The lowest BCUT2D eigenvalue weighted by atomic mass is 9.91. The average Bonchev–Trinajstić information content (AvgIpc) is 2.43. The van der Waals surface area contributed by atoms with E-state index in [1.807, 2.05) is 43.0 Å². The number of benzene rings is 1. The summed E-state index contributed by atoms with van der Waals surface area (Å²) in [6, 6.07) is 7.90. The molecule has 104 valence electrons. The Morgan fingerprint density at radius 3 is 2.58 bits per heavy atom. The van der Waals surface area contributed by atoms with E-state index in [2.05, 4.69) is 21.2 Å². The van der Waals surface area contributed by atoms with Crippen LogP contribution >= 0.6 is 27.7 Å². The van der Waals surface area contributed by atoms with Gasteiger partial charge >= 0.3 is 5.97 Å². The second-order valence-corrected chi connectivity index (χ2v) is 6.69. The molecule has 0 bridgehead atoms. The molecule has 1 N–H and O–H groups in total. The quantitative estimate of drug-likeness (QED) is 0.846. The van der Waals surface area contributed by atoms with Crippen LogP contribution in [0.15, 0.2) is 28.7 Å². The van der Waals surface area contributed by atoms with E-state index < -0.39 is 5.54 Å². The maximum absolute atomic E-state index is 12.3. The van der Waals surface area contributed by atoms with E-state index in [1.165, 1.54) is 0 Å². The molecule has 3 nitrogen and oxygen atoms in total. The highest BCUT2D eigenvalue weighted by Crippen LogP contribution is 2.32. The number of ether oxygens (including phenoxy) is 1. The second-order valence-electron chi connectivity index (χ2n) is 4.55. The number of hydrogen-bond donors (Lipinski definition) is 1. The van der Waals surface area contributed by atoms with Crippen LogP contribution in [0.1, 0.15) is 19.8 Å². The van der Waals surface area contributed by atoms with Gasteiger partial charge in [-0.25, -0.2) is 4.79 Å². The molecule has 0 aliphatic carbocycles. The van der Waals surface area contributed by atoms with Gasteiger partial charge in [0.05, 0.1) is 6.61 Å². The van der Waals surface area contributed by atoms with Crippen molar-refractivity contribution in [2.24, 2.45) is 0 Å². The molecule has 1 aliphatic heterocycles. The lowest BCUT2D eigenvalue weighted by molar-refractivity contribution is -0.148. The number of halogens is 1. The molecule has 0 saturated carbocycles. The lowest BCUT2D eigenvalue weighted by Crippen LogP contribution is -2.50. The van der Waals surface area contributed by atoms with Crippen LogP contribution < -0.4 is 5.32 Å². The Morgan fingerprint density at radius 2 is 2.00 bits per heavy atom. The van der Waals surface area contributed by atoms with E-state index in [4.69, 9.17) is 4.74 Å². The van der Waals surface area contributed by atoms with Crippen LogP contribution in [0.5, 0.6) is 0 Å². The van der Waals surface area contributed by atoms with E-state index in [0.717, 1.165) is 34.5 Å². The topological polar surface area (TPSA) is 38.3 Å². The van der Waals surface area contributed by atoms with Gasteiger partial charge in [0.15, 0.2) is 0 Å². The van der Waals surface area contributed by atoms with Crippen LogP contribution in [-0.4, -0.2) is 29.6 Å². The number of nitrogens with one attached hydrogen (secondary N) is 1.